The normalized spacial score (nSPS) is 20.1. The molecule has 0 bridgehead atoms. The molecule has 66 valence electrons. The lowest BCUT2D eigenvalue weighted by Crippen LogP contribution is -1.93. The molecule has 0 fully saturated rings. The number of imidazole rings is 1. The molecule has 2 aromatic heterocycles. The second-order valence-electron chi connectivity index (χ2n) is 2.11. The van der Waals surface area contributed by atoms with Crippen LogP contribution in [0.5, 0.6) is 0 Å². The molecule has 0 amide bonds. The third kappa shape index (κ3) is 1.78. The predicted molar refractivity (Wildman–Crippen MR) is 53.8 cm³/mol. The Bertz CT molecular complexity index is 723. The van der Waals surface area contributed by atoms with E-state index >= 15 is 0 Å². The van der Waals surface area contributed by atoms with Crippen LogP contribution in [0.4, 0.5) is 0 Å². The van der Waals surface area contributed by atoms with E-state index in [1.54, 1.807) is 0 Å². The average molecular weight is 246 g/mol. The maximum Gasteiger partial charge on any atom is 0.139 e. The summed E-state index contributed by atoms with van der Waals surface area (Å²) in [6.07, 6.45) is -1.17. The summed E-state index contributed by atoms with van der Waals surface area (Å²) in [6.45, 7) is -2.67. The quantitative estimate of drug-likeness (QED) is 0.723. The van der Waals surface area contributed by atoms with Crippen molar-refractivity contribution < 1.29 is 11.0 Å². The Morgan fingerprint density at radius 2 is 2.54 bits per heavy atom. The van der Waals surface area contributed by atoms with Gasteiger partial charge >= 0.3 is 0 Å². The van der Waals surface area contributed by atoms with Crippen molar-refractivity contribution in [2.45, 2.75) is 6.85 Å². The Balaban J connectivity index is 2.78. The summed E-state index contributed by atoms with van der Waals surface area (Å²) in [5, 5.41) is 0. The smallest absolute Gasteiger partial charge is 0.139 e. The van der Waals surface area contributed by atoms with Gasteiger partial charge in [0.2, 0.25) is 0 Å². The molecule has 3 nitrogen and oxygen atoms in total. The summed E-state index contributed by atoms with van der Waals surface area (Å²) in [7, 11) is 0. The van der Waals surface area contributed by atoms with Crippen molar-refractivity contribution in [3.05, 3.63) is 40.9 Å². The molecule has 0 atom stereocenters. The van der Waals surface area contributed by atoms with Crippen LogP contribution in [0.2, 0.25) is 0 Å². The van der Waals surface area contributed by atoms with Gasteiger partial charge in [-0.3, -0.25) is 4.57 Å². The first-order valence-electron chi connectivity index (χ1n) is 7.25. The Hall–Kier alpha value is -1.16. The van der Waals surface area contributed by atoms with E-state index in [2.05, 4.69) is 25.9 Å². The number of hydrogen-bond acceptors (Lipinski definition) is 2. The maximum atomic E-state index is 7.83. The van der Waals surface area contributed by atoms with E-state index in [0.717, 1.165) is 4.57 Å². The summed E-state index contributed by atoms with van der Waals surface area (Å²) < 4.78 is 61.0. The van der Waals surface area contributed by atoms with Crippen molar-refractivity contribution in [3.63, 3.8) is 0 Å². The van der Waals surface area contributed by atoms with Crippen LogP contribution in [0.15, 0.2) is 35.2 Å². The van der Waals surface area contributed by atoms with E-state index in [1.165, 1.54) is 0 Å². The lowest BCUT2D eigenvalue weighted by Gasteiger charge is -1.99. The van der Waals surface area contributed by atoms with Crippen molar-refractivity contribution in [2.75, 3.05) is 0 Å². The molecule has 0 spiro atoms. The van der Waals surface area contributed by atoms with E-state index in [0.29, 0.717) is 0 Å². The maximum absolute atomic E-state index is 7.83. The molecule has 4 heteroatoms. The van der Waals surface area contributed by atoms with Gasteiger partial charge in [-0.1, -0.05) is 6.04 Å². The average Bonchev–Trinajstić information content (AvgIpc) is 2.67. The third-order valence-corrected chi connectivity index (χ3v) is 1.61. The van der Waals surface area contributed by atoms with Gasteiger partial charge in [0.15, 0.2) is 0 Å². The predicted octanol–water partition coefficient (Wildman–Crippen LogP) is 2.34. The molecular weight excluding hydrogens is 230 g/mol. The van der Waals surface area contributed by atoms with Gasteiger partial charge in [0.25, 0.3) is 0 Å². The third-order valence-electron chi connectivity index (χ3n) is 1.24. The van der Waals surface area contributed by atoms with E-state index < -0.39 is 37.1 Å². The molecule has 0 aliphatic carbocycles. The Morgan fingerprint density at radius 1 is 1.62 bits per heavy atom. The van der Waals surface area contributed by atoms with Crippen molar-refractivity contribution in [3.8, 4) is 5.82 Å². The van der Waals surface area contributed by atoms with Gasteiger partial charge in [-0.05, 0) is 34.9 Å². The van der Waals surface area contributed by atoms with Crippen LogP contribution in [0, 0.1) is 6.85 Å². The summed E-state index contributed by atoms with van der Waals surface area (Å²) in [5.41, 5.74) is -0.577. The summed E-state index contributed by atoms with van der Waals surface area (Å²) in [4.78, 5) is 7.35. The standard InChI is InChI=1S/C9H8BrN3/c1-7-5-13(6-11-7)9-4-2-3-8(10)12-9/h2-6H,1H3/i1D3,2D,3D,4D,5D,6D. The summed E-state index contributed by atoms with van der Waals surface area (Å²) in [6, 6.07) is -1.24. The number of aryl methyl sites for hydroxylation is 1. The van der Waals surface area contributed by atoms with E-state index in [4.69, 9.17) is 11.0 Å². The van der Waals surface area contributed by atoms with Crippen molar-refractivity contribution in [1.82, 2.24) is 14.5 Å². The fraction of sp³-hybridized carbons (Fsp3) is 0.111. The summed E-state index contributed by atoms with van der Waals surface area (Å²) >= 11 is 2.95. The van der Waals surface area contributed by atoms with E-state index in [1.807, 2.05) is 0 Å². The zero-order valence-electron chi connectivity index (χ0n) is 14.2. The first-order chi connectivity index (χ1) is 9.55. The molecule has 2 heterocycles. The number of nitrogens with zero attached hydrogens (tertiary/aromatic N) is 3. The first kappa shape index (κ1) is 3.20. The summed E-state index contributed by atoms with van der Waals surface area (Å²) in [5.74, 6) is -0.291. The van der Waals surface area contributed by atoms with Crippen LogP contribution >= 0.6 is 15.9 Å². The zero-order chi connectivity index (χ0) is 16.1. The number of halogens is 1. The van der Waals surface area contributed by atoms with Gasteiger partial charge in [-0.15, -0.1) is 0 Å². The van der Waals surface area contributed by atoms with Crippen LogP contribution in [0.3, 0.4) is 0 Å². The van der Waals surface area contributed by atoms with Gasteiger partial charge in [0.05, 0.1) is 11.2 Å². The second-order valence-corrected chi connectivity index (χ2v) is 2.86. The largest absolute Gasteiger partial charge is 0.290 e. The Morgan fingerprint density at radius 3 is 3.31 bits per heavy atom. The highest BCUT2D eigenvalue weighted by Gasteiger charge is 1.98. The molecule has 2 aromatic rings. The zero-order valence-corrected chi connectivity index (χ0v) is 7.81. The van der Waals surface area contributed by atoms with Crippen LogP contribution in [0.25, 0.3) is 5.82 Å². The minimum atomic E-state index is -2.67. The highest BCUT2D eigenvalue weighted by molar-refractivity contribution is 9.10. The van der Waals surface area contributed by atoms with E-state index in [-0.39, 0.29) is 16.5 Å². The Labute approximate surface area is 95.8 Å². The molecule has 0 saturated carbocycles. The molecule has 0 aromatic carbocycles. The number of rotatable bonds is 1. The van der Waals surface area contributed by atoms with E-state index in [9.17, 15) is 0 Å². The van der Waals surface area contributed by atoms with Crippen molar-refractivity contribution >= 4 is 15.9 Å². The van der Waals surface area contributed by atoms with Gasteiger partial charge in [-0.2, -0.15) is 0 Å². The second kappa shape index (κ2) is 3.30. The first-order valence-corrected chi connectivity index (χ1v) is 4.05. The SMILES string of the molecule is [2H]c1c(Br)nc(-n2c([2H])nc(C([2H])([2H])[2H])c2[2H])c([2H])c1[2H]. The van der Waals surface area contributed by atoms with Gasteiger partial charge in [-0.25, -0.2) is 9.97 Å². The number of hydrogen-bond donors (Lipinski definition) is 0. The fourth-order valence-corrected chi connectivity index (χ4v) is 1.02. The molecule has 2 rings (SSSR count). The molecule has 0 aliphatic rings. The van der Waals surface area contributed by atoms with Gasteiger partial charge in [0, 0.05) is 10.3 Å². The van der Waals surface area contributed by atoms with Crippen LogP contribution < -0.4 is 0 Å². The molecule has 0 N–H and O–H groups in total. The van der Waals surface area contributed by atoms with Gasteiger partial charge < -0.3 is 0 Å². The Kier molecular flexibility index (Phi) is 0.813. The van der Waals surface area contributed by atoms with Crippen molar-refractivity contribution in [2.24, 2.45) is 0 Å². The molecule has 0 radical (unpaired) electrons. The lowest BCUT2D eigenvalue weighted by atomic mass is 10.4. The molecule has 0 saturated heterocycles. The number of pyridine rings is 1. The monoisotopic (exact) mass is 245 g/mol. The van der Waals surface area contributed by atoms with Crippen molar-refractivity contribution in [1.29, 1.82) is 0 Å². The topological polar surface area (TPSA) is 30.7 Å². The fourth-order valence-electron chi connectivity index (χ4n) is 0.750. The highest BCUT2D eigenvalue weighted by Crippen LogP contribution is 2.10. The molecule has 0 unspecified atom stereocenters. The van der Waals surface area contributed by atoms with Gasteiger partial charge in [0.1, 0.15) is 18.1 Å². The minimum absolute atomic E-state index is 0.0403. The molecule has 13 heavy (non-hydrogen) atoms. The number of aromatic nitrogens is 3. The lowest BCUT2D eigenvalue weighted by molar-refractivity contribution is 0.984. The molecular formula is C9H8BrN3. The van der Waals surface area contributed by atoms with Crippen LogP contribution in [-0.2, 0) is 0 Å². The molecule has 0 aliphatic heterocycles. The van der Waals surface area contributed by atoms with Crippen LogP contribution in [-0.4, -0.2) is 14.5 Å². The highest BCUT2D eigenvalue weighted by atomic mass is 79.9. The van der Waals surface area contributed by atoms with Crippen LogP contribution in [0.1, 0.15) is 16.7 Å². The minimum Gasteiger partial charge on any atom is -0.290 e.